The van der Waals surface area contributed by atoms with Gasteiger partial charge in [0, 0.05) is 6.07 Å². The van der Waals surface area contributed by atoms with E-state index >= 15 is 0 Å². The molecule has 99 valence electrons. The lowest BCUT2D eigenvalue weighted by atomic mass is 9.95. The summed E-state index contributed by atoms with van der Waals surface area (Å²) in [4.78, 5) is 0. The lowest BCUT2D eigenvalue weighted by Gasteiger charge is -2.16. The van der Waals surface area contributed by atoms with Crippen LogP contribution in [0.2, 0.25) is 0 Å². The second kappa shape index (κ2) is 6.98. The van der Waals surface area contributed by atoms with Crippen LogP contribution < -0.4 is 4.74 Å². The van der Waals surface area contributed by atoms with Gasteiger partial charge in [0.05, 0.1) is 0 Å². The summed E-state index contributed by atoms with van der Waals surface area (Å²) in [6.45, 7) is 4.50. The summed E-state index contributed by atoms with van der Waals surface area (Å²) < 4.78 is 5.96. The van der Waals surface area contributed by atoms with Gasteiger partial charge < -0.3 is 4.74 Å². The molecule has 2 aromatic rings. The second-order valence-electron chi connectivity index (χ2n) is 4.91. The summed E-state index contributed by atoms with van der Waals surface area (Å²) in [7, 11) is 0. The van der Waals surface area contributed by atoms with Crippen LogP contribution in [0.1, 0.15) is 44.6 Å². The molecule has 19 heavy (non-hydrogen) atoms. The van der Waals surface area contributed by atoms with Crippen molar-refractivity contribution in [3.05, 3.63) is 60.2 Å². The van der Waals surface area contributed by atoms with E-state index in [0.29, 0.717) is 5.92 Å². The van der Waals surface area contributed by atoms with Gasteiger partial charge in [-0.15, -0.1) is 0 Å². The van der Waals surface area contributed by atoms with Gasteiger partial charge in [0.25, 0.3) is 0 Å². The van der Waals surface area contributed by atoms with Crippen LogP contribution in [0.15, 0.2) is 48.5 Å². The van der Waals surface area contributed by atoms with Crippen molar-refractivity contribution in [2.75, 3.05) is 0 Å². The normalized spacial score (nSPS) is 12.1. The van der Waals surface area contributed by atoms with E-state index in [9.17, 15) is 0 Å². The van der Waals surface area contributed by atoms with E-state index in [2.05, 4.69) is 32.0 Å². The van der Waals surface area contributed by atoms with Gasteiger partial charge in [-0.2, -0.15) is 0 Å². The minimum atomic E-state index is 0.528. The molecule has 0 saturated heterocycles. The highest BCUT2D eigenvalue weighted by Gasteiger charge is 2.11. The van der Waals surface area contributed by atoms with Crippen molar-refractivity contribution in [2.24, 2.45) is 0 Å². The molecule has 0 spiro atoms. The van der Waals surface area contributed by atoms with Gasteiger partial charge in [-0.3, -0.25) is 0 Å². The first-order valence-electron chi connectivity index (χ1n) is 7.04. The number of ether oxygens (including phenoxy) is 1. The van der Waals surface area contributed by atoms with Crippen LogP contribution in [0.3, 0.4) is 0 Å². The van der Waals surface area contributed by atoms with Gasteiger partial charge in [0.2, 0.25) is 0 Å². The minimum absolute atomic E-state index is 0.528. The SMILES string of the molecule is CCCCC(C)c1ccccc1Oc1[c]cccc1. The Morgan fingerprint density at radius 1 is 1.11 bits per heavy atom. The van der Waals surface area contributed by atoms with Crippen LogP contribution in [-0.2, 0) is 0 Å². The third-order valence-corrected chi connectivity index (χ3v) is 3.34. The van der Waals surface area contributed by atoms with Crippen molar-refractivity contribution < 1.29 is 4.74 Å². The van der Waals surface area contributed by atoms with Crippen LogP contribution in [0, 0.1) is 6.07 Å². The average molecular weight is 253 g/mol. The van der Waals surface area contributed by atoms with Crippen molar-refractivity contribution in [3.8, 4) is 11.5 Å². The maximum absolute atomic E-state index is 5.96. The molecule has 2 aromatic carbocycles. The van der Waals surface area contributed by atoms with E-state index < -0.39 is 0 Å². The van der Waals surface area contributed by atoms with Gasteiger partial charge in [-0.25, -0.2) is 0 Å². The van der Waals surface area contributed by atoms with Crippen molar-refractivity contribution in [1.29, 1.82) is 0 Å². The fraction of sp³-hybridized carbons (Fsp3) is 0.333. The molecule has 0 amide bonds. The quantitative estimate of drug-likeness (QED) is 0.653. The summed E-state index contributed by atoms with van der Waals surface area (Å²) in [5, 5.41) is 0. The Morgan fingerprint density at radius 2 is 1.89 bits per heavy atom. The van der Waals surface area contributed by atoms with E-state index in [4.69, 9.17) is 4.74 Å². The summed E-state index contributed by atoms with van der Waals surface area (Å²) in [6.07, 6.45) is 3.70. The maximum Gasteiger partial charge on any atom is 0.135 e. The molecule has 0 bridgehead atoms. The third-order valence-electron chi connectivity index (χ3n) is 3.34. The number of benzene rings is 2. The zero-order chi connectivity index (χ0) is 13.5. The van der Waals surface area contributed by atoms with Gasteiger partial charge >= 0.3 is 0 Å². The second-order valence-corrected chi connectivity index (χ2v) is 4.91. The van der Waals surface area contributed by atoms with Gasteiger partial charge in [0.15, 0.2) is 0 Å². The Labute approximate surface area is 116 Å². The molecule has 1 heteroatoms. The number of rotatable bonds is 6. The van der Waals surface area contributed by atoms with Crippen LogP contribution in [0.4, 0.5) is 0 Å². The lowest BCUT2D eigenvalue weighted by molar-refractivity contribution is 0.466. The Morgan fingerprint density at radius 3 is 2.63 bits per heavy atom. The molecular formula is C18H21O. The molecule has 1 radical (unpaired) electrons. The first kappa shape index (κ1) is 13.7. The minimum Gasteiger partial charge on any atom is -0.456 e. The van der Waals surface area contributed by atoms with Gasteiger partial charge in [-0.1, -0.05) is 63.1 Å². The van der Waals surface area contributed by atoms with Crippen molar-refractivity contribution in [1.82, 2.24) is 0 Å². The molecule has 0 aliphatic carbocycles. The zero-order valence-electron chi connectivity index (χ0n) is 11.7. The van der Waals surface area contributed by atoms with E-state index in [1.807, 2.05) is 36.4 Å². The Balaban J connectivity index is 2.16. The molecule has 0 saturated carbocycles. The first-order chi connectivity index (χ1) is 9.31. The lowest BCUT2D eigenvalue weighted by Crippen LogP contribution is -1.97. The molecule has 1 atom stereocenters. The fourth-order valence-electron chi connectivity index (χ4n) is 2.21. The van der Waals surface area contributed by atoms with Crippen molar-refractivity contribution >= 4 is 0 Å². The molecule has 0 fully saturated rings. The Kier molecular flexibility index (Phi) is 5.02. The van der Waals surface area contributed by atoms with E-state index in [1.165, 1.54) is 24.8 Å². The highest BCUT2D eigenvalue weighted by molar-refractivity contribution is 5.39. The monoisotopic (exact) mass is 253 g/mol. The zero-order valence-corrected chi connectivity index (χ0v) is 11.7. The van der Waals surface area contributed by atoms with E-state index in [1.54, 1.807) is 0 Å². The molecule has 2 rings (SSSR count). The number of hydrogen-bond acceptors (Lipinski definition) is 1. The summed E-state index contributed by atoms with van der Waals surface area (Å²) in [5.74, 6) is 2.26. The molecule has 0 aliphatic rings. The van der Waals surface area contributed by atoms with Crippen LogP contribution in [-0.4, -0.2) is 0 Å². The molecular weight excluding hydrogens is 232 g/mol. The Hall–Kier alpha value is -1.76. The fourth-order valence-corrected chi connectivity index (χ4v) is 2.21. The highest BCUT2D eigenvalue weighted by Crippen LogP contribution is 2.32. The van der Waals surface area contributed by atoms with Crippen molar-refractivity contribution in [2.45, 2.75) is 39.0 Å². The largest absolute Gasteiger partial charge is 0.456 e. The summed E-state index contributed by atoms with van der Waals surface area (Å²) >= 11 is 0. The molecule has 0 aliphatic heterocycles. The molecule has 0 heterocycles. The Bertz CT molecular complexity index is 490. The molecule has 0 aromatic heterocycles. The predicted molar refractivity (Wildman–Crippen MR) is 79.7 cm³/mol. The summed E-state index contributed by atoms with van der Waals surface area (Å²) in [5.41, 5.74) is 1.29. The van der Waals surface area contributed by atoms with E-state index in [0.717, 1.165) is 11.5 Å². The third kappa shape index (κ3) is 3.85. The van der Waals surface area contributed by atoms with Gasteiger partial charge in [0.1, 0.15) is 11.5 Å². The van der Waals surface area contributed by atoms with Crippen LogP contribution >= 0.6 is 0 Å². The maximum atomic E-state index is 5.96. The topological polar surface area (TPSA) is 9.23 Å². The van der Waals surface area contributed by atoms with Crippen LogP contribution in [0.25, 0.3) is 0 Å². The number of para-hydroxylation sites is 2. The first-order valence-corrected chi connectivity index (χ1v) is 7.04. The van der Waals surface area contributed by atoms with Crippen molar-refractivity contribution in [3.63, 3.8) is 0 Å². The number of unbranched alkanes of at least 4 members (excludes halogenated alkanes) is 1. The summed E-state index contributed by atoms with van der Waals surface area (Å²) in [6, 6.07) is 19.1. The molecule has 1 nitrogen and oxygen atoms in total. The van der Waals surface area contributed by atoms with Gasteiger partial charge in [-0.05, 0) is 30.0 Å². The smallest absolute Gasteiger partial charge is 0.135 e. The highest BCUT2D eigenvalue weighted by atomic mass is 16.5. The standard InChI is InChI=1S/C18H21O/c1-3-4-10-15(2)17-13-8-9-14-18(17)19-16-11-6-5-7-12-16/h5-9,11,13-15H,3-4,10H2,1-2H3. The molecule has 1 unspecified atom stereocenters. The van der Waals surface area contributed by atoms with E-state index in [-0.39, 0.29) is 0 Å². The van der Waals surface area contributed by atoms with Crippen LogP contribution in [0.5, 0.6) is 11.5 Å². The number of hydrogen-bond donors (Lipinski definition) is 0. The molecule has 0 N–H and O–H groups in total. The average Bonchev–Trinajstić information content (AvgIpc) is 2.46. The predicted octanol–water partition coefficient (Wildman–Crippen LogP) is 5.57.